The second kappa shape index (κ2) is 9.07. The number of imidazole rings is 1. The van der Waals surface area contributed by atoms with Crippen molar-refractivity contribution in [3.63, 3.8) is 0 Å². The smallest absolute Gasteiger partial charge is 0.296 e. The summed E-state index contributed by atoms with van der Waals surface area (Å²) in [5.41, 5.74) is 2.13. The number of carbonyl (C=O) groups is 2. The third-order valence-corrected chi connectivity index (χ3v) is 6.96. The lowest BCUT2D eigenvalue weighted by atomic mass is 9.95. The maximum absolute atomic E-state index is 13.8. The van der Waals surface area contributed by atoms with Crippen molar-refractivity contribution in [1.29, 1.82) is 0 Å². The summed E-state index contributed by atoms with van der Waals surface area (Å²) < 4.78 is 17.3. The van der Waals surface area contributed by atoms with Crippen molar-refractivity contribution < 1.29 is 28.6 Å². The molecule has 2 aromatic heterocycles. The number of benzene rings is 3. The molecular weight excluding hydrogens is 554 g/mol. The van der Waals surface area contributed by atoms with Crippen molar-refractivity contribution in [2.45, 2.75) is 6.04 Å². The van der Waals surface area contributed by atoms with Gasteiger partial charge in [-0.15, -0.1) is 0 Å². The predicted octanol–water partition coefficient (Wildman–Crippen LogP) is 5.87. The third kappa shape index (κ3) is 3.81. The molecule has 0 aliphatic carbocycles. The highest BCUT2D eigenvalue weighted by molar-refractivity contribution is 9.10. The summed E-state index contributed by atoms with van der Waals surface area (Å²) in [6, 6.07) is 18.1. The standard InChI is InChI=1S/C28H20BrN3O6/c1-36-17-5-3-4-14(11-17)24-23(25(33)22-12-15-10-16(29)6-9-21(15)38-22)26(34)27(35)32(24)28-30-19-8-7-18(37-2)13-20(19)31-28/h3-13,24,34H,1-2H3,(H,30,31). The van der Waals surface area contributed by atoms with Crippen molar-refractivity contribution in [1.82, 2.24) is 9.97 Å². The maximum atomic E-state index is 13.8. The van der Waals surface area contributed by atoms with Gasteiger partial charge in [-0.25, -0.2) is 4.98 Å². The van der Waals surface area contributed by atoms with Gasteiger partial charge in [0.15, 0.2) is 11.5 Å². The van der Waals surface area contributed by atoms with Gasteiger partial charge in [-0.1, -0.05) is 28.1 Å². The number of hydrogen-bond donors (Lipinski definition) is 2. The molecule has 0 saturated carbocycles. The summed E-state index contributed by atoms with van der Waals surface area (Å²) in [7, 11) is 3.08. The Labute approximate surface area is 224 Å². The quantitative estimate of drug-likeness (QED) is 0.244. The molecule has 38 heavy (non-hydrogen) atoms. The van der Waals surface area contributed by atoms with Crippen molar-refractivity contribution in [2.24, 2.45) is 0 Å². The van der Waals surface area contributed by atoms with Crippen molar-refractivity contribution in [3.05, 3.63) is 93.9 Å². The Balaban J connectivity index is 1.51. The Hall–Kier alpha value is -4.57. The molecule has 10 heteroatoms. The molecule has 9 nitrogen and oxygen atoms in total. The van der Waals surface area contributed by atoms with E-state index in [9.17, 15) is 14.7 Å². The van der Waals surface area contributed by atoms with Gasteiger partial charge in [-0.2, -0.15) is 0 Å². The number of aromatic nitrogens is 2. The lowest BCUT2D eigenvalue weighted by molar-refractivity contribution is -0.117. The van der Waals surface area contributed by atoms with Crippen molar-refractivity contribution in [3.8, 4) is 11.5 Å². The van der Waals surface area contributed by atoms with Gasteiger partial charge in [-0.3, -0.25) is 14.5 Å². The number of fused-ring (bicyclic) bond motifs is 2. The number of furan rings is 1. The number of Topliss-reactive ketones (excluding diaryl/α,β-unsaturated/α-hetero) is 1. The zero-order valence-electron chi connectivity index (χ0n) is 20.2. The molecule has 2 N–H and O–H groups in total. The van der Waals surface area contributed by atoms with E-state index in [1.165, 1.54) is 12.0 Å². The molecule has 1 amide bonds. The number of anilines is 1. The van der Waals surface area contributed by atoms with E-state index in [4.69, 9.17) is 13.9 Å². The SMILES string of the molecule is COc1cccc(C2C(C(=O)c3cc4cc(Br)ccc4o3)=C(O)C(=O)N2c2nc3ccc(OC)cc3[nH]2)c1. The molecular formula is C28H20BrN3O6. The molecule has 0 radical (unpaired) electrons. The first-order valence-corrected chi connectivity index (χ1v) is 12.4. The molecule has 1 aliphatic heterocycles. The second-order valence-electron chi connectivity index (χ2n) is 8.68. The number of ether oxygens (including phenoxy) is 2. The minimum Gasteiger partial charge on any atom is -0.503 e. The van der Waals surface area contributed by atoms with Crippen LogP contribution in [0, 0.1) is 0 Å². The Bertz CT molecular complexity index is 1790. The first kappa shape index (κ1) is 23.8. The van der Waals surface area contributed by atoms with Gasteiger partial charge < -0.3 is 24.0 Å². The minimum absolute atomic E-state index is 0.00321. The number of halogens is 1. The lowest BCUT2D eigenvalue weighted by Crippen LogP contribution is -2.32. The van der Waals surface area contributed by atoms with Crippen LogP contribution >= 0.6 is 15.9 Å². The molecule has 6 rings (SSSR count). The number of methoxy groups -OCH3 is 2. The Morgan fingerprint density at radius 3 is 2.63 bits per heavy atom. The van der Waals surface area contributed by atoms with Crippen LogP contribution in [0.2, 0.25) is 0 Å². The Morgan fingerprint density at radius 1 is 1.05 bits per heavy atom. The normalized spacial score (nSPS) is 15.6. The summed E-state index contributed by atoms with van der Waals surface area (Å²) in [6.07, 6.45) is 0. The highest BCUT2D eigenvalue weighted by atomic mass is 79.9. The van der Waals surface area contributed by atoms with Crippen LogP contribution in [-0.2, 0) is 4.79 Å². The van der Waals surface area contributed by atoms with E-state index >= 15 is 0 Å². The molecule has 1 atom stereocenters. The molecule has 0 saturated heterocycles. The Kier molecular flexibility index (Phi) is 5.68. The van der Waals surface area contributed by atoms with Crippen molar-refractivity contribution in [2.75, 3.05) is 19.1 Å². The highest BCUT2D eigenvalue weighted by Gasteiger charge is 2.46. The van der Waals surface area contributed by atoms with E-state index in [0.717, 1.165) is 4.47 Å². The molecule has 3 aromatic carbocycles. The topological polar surface area (TPSA) is 118 Å². The van der Waals surface area contributed by atoms with E-state index in [0.29, 0.717) is 39.1 Å². The molecule has 190 valence electrons. The zero-order chi connectivity index (χ0) is 26.6. The summed E-state index contributed by atoms with van der Waals surface area (Å²) in [5.74, 6) is -0.774. The average Bonchev–Trinajstić information content (AvgIpc) is 3.61. The van der Waals surface area contributed by atoms with Crippen LogP contribution in [0.15, 0.2) is 87.0 Å². The summed E-state index contributed by atoms with van der Waals surface area (Å²) >= 11 is 3.42. The average molecular weight is 574 g/mol. The monoisotopic (exact) mass is 573 g/mol. The summed E-state index contributed by atoms with van der Waals surface area (Å²) in [6.45, 7) is 0. The number of carbonyl (C=O) groups excluding carboxylic acids is 2. The fourth-order valence-electron chi connectivity index (χ4n) is 4.66. The zero-order valence-corrected chi connectivity index (χ0v) is 21.8. The van der Waals surface area contributed by atoms with Crippen LogP contribution < -0.4 is 14.4 Å². The van der Waals surface area contributed by atoms with E-state index in [1.807, 2.05) is 6.07 Å². The first-order valence-electron chi connectivity index (χ1n) is 11.6. The number of ketones is 1. The molecule has 1 unspecified atom stereocenters. The minimum atomic E-state index is -1.01. The third-order valence-electron chi connectivity index (χ3n) is 6.47. The molecule has 3 heterocycles. The number of nitrogens with one attached hydrogen (secondary N) is 1. The number of amides is 1. The van der Waals surface area contributed by atoms with E-state index in [1.54, 1.807) is 67.8 Å². The summed E-state index contributed by atoms with van der Waals surface area (Å²) in [4.78, 5) is 36.3. The van der Waals surface area contributed by atoms with Gasteiger partial charge in [0.05, 0.1) is 36.9 Å². The number of H-pyrrole nitrogens is 1. The fraction of sp³-hybridized carbons (Fsp3) is 0.107. The van der Waals surface area contributed by atoms with Gasteiger partial charge in [0.1, 0.15) is 17.1 Å². The largest absolute Gasteiger partial charge is 0.503 e. The Morgan fingerprint density at radius 2 is 1.84 bits per heavy atom. The molecule has 1 aliphatic rings. The van der Waals surface area contributed by atoms with E-state index < -0.39 is 23.5 Å². The van der Waals surface area contributed by atoms with Crippen LogP contribution in [0.25, 0.3) is 22.0 Å². The number of hydrogen-bond acceptors (Lipinski definition) is 7. The van der Waals surface area contributed by atoms with Crippen LogP contribution in [0.3, 0.4) is 0 Å². The van der Waals surface area contributed by atoms with Gasteiger partial charge in [0.25, 0.3) is 5.91 Å². The van der Waals surface area contributed by atoms with Gasteiger partial charge >= 0.3 is 0 Å². The van der Waals surface area contributed by atoms with Gasteiger partial charge in [0.2, 0.25) is 11.7 Å². The van der Waals surface area contributed by atoms with Crippen LogP contribution in [0.4, 0.5) is 5.95 Å². The number of aliphatic hydroxyl groups excluding tert-OH is 1. The van der Waals surface area contributed by atoms with Crippen molar-refractivity contribution >= 4 is 55.6 Å². The molecule has 0 spiro atoms. The van der Waals surface area contributed by atoms with E-state index in [2.05, 4.69) is 25.9 Å². The first-order chi connectivity index (χ1) is 18.4. The number of aromatic amines is 1. The molecule has 0 fully saturated rings. The maximum Gasteiger partial charge on any atom is 0.296 e. The predicted molar refractivity (Wildman–Crippen MR) is 144 cm³/mol. The van der Waals surface area contributed by atoms with Crippen LogP contribution in [-0.4, -0.2) is 41.0 Å². The van der Waals surface area contributed by atoms with Gasteiger partial charge in [-0.05, 0) is 54.1 Å². The van der Waals surface area contributed by atoms with Gasteiger partial charge in [0, 0.05) is 15.9 Å². The number of aliphatic hydroxyl groups is 1. The fourth-order valence-corrected chi connectivity index (χ4v) is 5.04. The number of rotatable bonds is 6. The molecule has 0 bridgehead atoms. The lowest BCUT2D eigenvalue weighted by Gasteiger charge is -2.24. The molecule has 5 aromatic rings. The van der Waals surface area contributed by atoms with Crippen LogP contribution in [0.1, 0.15) is 22.2 Å². The summed E-state index contributed by atoms with van der Waals surface area (Å²) in [5, 5.41) is 11.8. The highest BCUT2D eigenvalue weighted by Crippen LogP contribution is 2.42. The van der Waals surface area contributed by atoms with Crippen LogP contribution in [0.5, 0.6) is 11.5 Å². The second-order valence-corrected chi connectivity index (χ2v) is 9.60. The number of nitrogens with zero attached hydrogens (tertiary/aromatic N) is 2. The van der Waals surface area contributed by atoms with E-state index in [-0.39, 0.29) is 17.3 Å².